The molecule has 0 saturated heterocycles. The standard InChI is InChI=1S/C17H17ClN2O/c1-21-17-10-14(11-19)2-5-15(17)8-9-20-12-13-3-6-16(18)7-4-13/h2-7,10,20H,8-9,12H2,1H3. The van der Waals surface area contributed by atoms with Crippen LogP contribution in [0.1, 0.15) is 16.7 Å². The Morgan fingerprint density at radius 3 is 2.62 bits per heavy atom. The Balaban J connectivity index is 1.86. The molecule has 0 fully saturated rings. The van der Waals surface area contributed by atoms with Gasteiger partial charge in [0.15, 0.2) is 0 Å². The smallest absolute Gasteiger partial charge is 0.123 e. The van der Waals surface area contributed by atoms with E-state index in [1.54, 1.807) is 13.2 Å². The van der Waals surface area contributed by atoms with Crippen LogP contribution >= 0.6 is 11.6 Å². The number of methoxy groups -OCH3 is 1. The summed E-state index contributed by atoms with van der Waals surface area (Å²) in [6.07, 6.45) is 0.850. The Bertz CT molecular complexity index is 632. The second-order valence-corrected chi connectivity index (χ2v) is 5.13. The Morgan fingerprint density at radius 1 is 1.19 bits per heavy atom. The molecule has 0 aliphatic carbocycles. The van der Waals surface area contributed by atoms with Crippen LogP contribution in [0.3, 0.4) is 0 Å². The molecular formula is C17H17ClN2O. The van der Waals surface area contributed by atoms with Crippen LogP contribution in [0, 0.1) is 11.3 Å². The van der Waals surface area contributed by atoms with Crippen molar-refractivity contribution < 1.29 is 4.74 Å². The van der Waals surface area contributed by atoms with Crippen LogP contribution in [0.25, 0.3) is 0 Å². The summed E-state index contributed by atoms with van der Waals surface area (Å²) in [6, 6.07) is 15.5. The summed E-state index contributed by atoms with van der Waals surface area (Å²) < 4.78 is 5.32. The number of halogens is 1. The van der Waals surface area contributed by atoms with Gasteiger partial charge in [0.05, 0.1) is 18.7 Å². The van der Waals surface area contributed by atoms with Gasteiger partial charge in [-0.1, -0.05) is 29.8 Å². The van der Waals surface area contributed by atoms with Crippen molar-refractivity contribution in [3.63, 3.8) is 0 Å². The number of rotatable bonds is 6. The lowest BCUT2D eigenvalue weighted by molar-refractivity contribution is 0.409. The van der Waals surface area contributed by atoms with Crippen molar-refractivity contribution in [2.75, 3.05) is 13.7 Å². The van der Waals surface area contributed by atoms with Crippen LogP contribution in [0.5, 0.6) is 5.75 Å². The van der Waals surface area contributed by atoms with Gasteiger partial charge in [-0.25, -0.2) is 0 Å². The van der Waals surface area contributed by atoms with Crippen LogP contribution in [0.2, 0.25) is 5.02 Å². The predicted octanol–water partition coefficient (Wildman–Crippen LogP) is 3.55. The second kappa shape index (κ2) is 7.68. The highest BCUT2D eigenvalue weighted by molar-refractivity contribution is 6.30. The molecule has 2 aromatic carbocycles. The van der Waals surface area contributed by atoms with Crippen molar-refractivity contribution in [2.45, 2.75) is 13.0 Å². The zero-order valence-electron chi connectivity index (χ0n) is 11.9. The number of hydrogen-bond acceptors (Lipinski definition) is 3. The molecule has 0 aromatic heterocycles. The van der Waals surface area contributed by atoms with E-state index in [-0.39, 0.29) is 0 Å². The first-order valence-electron chi connectivity index (χ1n) is 6.75. The minimum atomic E-state index is 0.615. The summed E-state index contributed by atoms with van der Waals surface area (Å²) in [7, 11) is 1.63. The predicted molar refractivity (Wildman–Crippen MR) is 84.6 cm³/mol. The van der Waals surface area contributed by atoms with Crippen LogP contribution in [0.4, 0.5) is 0 Å². The van der Waals surface area contributed by atoms with E-state index >= 15 is 0 Å². The van der Waals surface area contributed by atoms with E-state index in [4.69, 9.17) is 21.6 Å². The molecule has 0 heterocycles. The topological polar surface area (TPSA) is 45.0 Å². The molecule has 1 N–H and O–H groups in total. The highest BCUT2D eigenvalue weighted by Gasteiger charge is 2.04. The first-order valence-corrected chi connectivity index (χ1v) is 7.13. The fourth-order valence-electron chi connectivity index (χ4n) is 2.08. The van der Waals surface area contributed by atoms with Gasteiger partial charge in [-0.3, -0.25) is 0 Å². The number of ether oxygens (including phenoxy) is 1. The molecule has 2 rings (SSSR count). The van der Waals surface area contributed by atoms with Crippen molar-refractivity contribution in [3.05, 3.63) is 64.2 Å². The molecule has 0 aliphatic rings. The van der Waals surface area contributed by atoms with Gasteiger partial charge in [0.2, 0.25) is 0 Å². The molecule has 108 valence electrons. The lowest BCUT2D eigenvalue weighted by atomic mass is 10.1. The minimum absolute atomic E-state index is 0.615. The first-order chi connectivity index (χ1) is 10.2. The molecule has 0 spiro atoms. The third kappa shape index (κ3) is 4.49. The maximum Gasteiger partial charge on any atom is 0.123 e. The van der Waals surface area contributed by atoms with Gasteiger partial charge in [-0.05, 0) is 48.4 Å². The number of benzene rings is 2. The highest BCUT2D eigenvalue weighted by atomic mass is 35.5. The summed E-state index contributed by atoms with van der Waals surface area (Å²) >= 11 is 5.85. The molecular weight excluding hydrogens is 284 g/mol. The van der Waals surface area contributed by atoms with E-state index in [0.717, 1.165) is 35.8 Å². The van der Waals surface area contributed by atoms with Crippen molar-refractivity contribution in [1.29, 1.82) is 5.26 Å². The average Bonchev–Trinajstić information content (AvgIpc) is 2.53. The Morgan fingerprint density at radius 2 is 1.95 bits per heavy atom. The largest absolute Gasteiger partial charge is 0.496 e. The number of nitrogens with zero attached hydrogens (tertiary/aromatic N) is 1. The number of nitrogens with one attached hydrogen (secondary N) is 1. The fourth-order valence-corrected chi connectivity index (χ4v) is 2.20. The molecule has 0 atom stereocenters. The maximum absolute atomic E-state index is 8.88. The van der Waals surface area contributed by atoms with Crippen LogP contribution in [0.15, 0.2) is 42.5 Å². The van der Waals surface area contributed by atoms with Crippen molar-refractivity contribution in [3.8, 4) is 11.8 Å². The molecule has 0 amide bonds. The third-order valence-electron chi connectivity index (χ3n) is 3.23. The Kier molecular flexibility index (Phi) is 5.62. The Hall–Kier alpha value is -2.02. The highest BCUT2D eigenvalue weighted by Crippen LogP contribution is 2.20. The molecule has 2 aromatic rings. The van der Waals surface area contributed by atoms with Crippen LogP contribution in [-0.2, 0) is 13.0 Å². The van der Waals surface area contributed by atoms with Gasteiger partial charge in [0.25, 0.3) is 0 Å². The fraction of sp³-hybridized carbons (Fsp3) is 0.235. The van der Waals surface area contributed by atoms with Crippen LogP contribution < -0.4 is 10.1 Å². The second-order valence-electron chi connectivity index (χ2n) is 4.69. The number of hydrogen-bond donors (Lipinski definition) is 1. The normalized spacial score (nSPS) is 10.1. The molecule has 0 bridgehead atoms. The minimum Gasteiger partial charge on any atom is -0.496 e. The van der Waals surface area contributed by atoms with Gasteiger partial charge in [-0.15, -0.1) is 0 Å². The summed E-state index contributed by atoms with van der Waals surface area (Å²) in [6.45, 7) is 1.64. The Labute approximate surface area is 130 Å². The van der Waals surface area contributed by atoms with E-state index in [9.17, 15) is 0 Å². The molecule has 4 heteroatoms. The SMILES string of the molecule is COc1cc(C#N)ccc1CCNCc1ccc(Cl)cc1. The number of nitriles is 1. The lowest BCUT2D eigenvalue weighted by Gasteiger charge is -2.10. The maximum atomic E-state index is 8.88. The van der Waals surface area contributed by atoms with Gasteiger partial charge in [0, 0.05) is 11.6 Å². The van der Waals surface area contributed by atoms with E-state index in [1.807, 2.05) is 36.4 Å². The molecule has 0 saturated carbocycles. The first kappa shape index (κ1) is 15.4. The zero-order chi connectivity index (χ0) is 15.1. The molecule has 3 nitrogen and oxygen atoms in total. The van der Waals surface area contributed by atoms with Crippen LogP contribution in [-0.4, -0.2) is 13.7 Å². The van der Waals surface area contributed by atoms with Crippen molar-refractivity contribution in [1.82, 2.24) is 5.32 Å². The lowest BCUT2D eigenvalue weighted by Crippen LogP contribution is -2.16. The average molecular weight is 301 g/mol. The summed E-state index contributed by atoms with van der Waals surface area (Å²) in [4.78, 5) is 0. The summed E-state index contributed by atoms with van der Waals surface area (Å²) in [5.74, 6) is 0.766. The van der Waals surface area contributed by atoms with Gasteiger partial charge in [0.1, 0.15) is 5.75 Å². The quantitative estimate of drug-likeness (QED) is 0.830. The monoisotopic (exact) mass is 300 g/mol. The molecule has 0 unspecified atom stereocenters. The molecule has 0 aliphatic heterocycles. The summed E-state index contributed by atoms with van der Waals surface area (Å²) in [5.41, 5.74) is 2.91. The van der Waals surface area contributed by atoms with Gasteiger partial charge in [-0.2, -0.15) is 5.26 Å². The molecule has 21 heavy (non-hydrogen) atoms. The van der Waals surface area contributed by atoms with E-state index in [1.165, 1.54) is 5.56 Å². The van der Waals surface area contributed by atoms with Gasteiger partial charge >= 0.3 is 0 Å². The van der Waals surface area contributed by atoms with E-state index in [0.29, 0.717) is 5.56 Å². The third-order valence-corrected chi connectivity index (χ3v) is 3.48. The summed E-state index contributed by atoms with van der Waals surface area (Å²) in [5, 5.41) is 13.0. The zero-order valence-corrected chi connectivity index (χ0v) is 12.7. The van der Waals surface area contributed by atoms with Crippen molar-refractivity contribution >= 4 is 11.6 Å². The van der Waals surface area contributed by atoms with E-state index in [2.05, 4.69) is 11.4 Å². The molecule has 0 radical (unpaired) electrons. The van der Waals surface area contributed by atoms with Gasteiger partial charge < -0.3 is 10.1 Å². The van der Waals surface area contributed by atoms with E-state index < -0.39 is 0 Å². The van der Waals surface area contributed by atoms with Crippen molar-refractivity contribution in [2.24, 2.45) is 0 Å².